The largest absolute Gasteiger partial charge is 0.497 e. The van der Waals surface area contributed by atoms with Crippen LogP contribution in [0.4, 0.5) is 0 Å². The number of benzene rings is 1. The summed E-state index contributed by atoms with van der Waals surface area (Å²) in [6.45, 7) is 3.89. The first-order valence-corrected chi connectivity index (χ1v) is 7.85. The predicted molar refractivity (Wildman–Crippen MR) is 91.9 cm³/mol. The number of methoxy groups -OCH3 is 1. The van der Waals surface area contributed by atoms with Gasteiger partial charge in [0.25, 0.3) is 5.91 Å². The zero-order valence-corrected chi connectivity index (χ0v) is 14.7. The second kappa shape index (κ2) is 6.80. The first-order chi connectivity index (χ1) is 12.0. The standard InChI is InChI=1S/C18H20N4O3/c1-12-17(20-13(2)25-12)18(23)21(3)10-14-9-19-22(11-14)15-6-5-7-16(8-15)24-4/h5-9,11H,10H2,1-4H3. The summed E-state index contributed by atoms with van der Waals surface area (Å²) in [5, 5.41) is 4.36. The number of carbonyl (C=O) groups is 1. The third-order valence-electron chi connectivity index (χ3n) is 3.83. The van der Waals surface area contributed by atoms with Gasteiger partial charge in [0.15, 0.2) is 11.6 Å². The van der Waals surface area contributed by atoms with Crippen LogP contribution in [0.3, 0.4) is 0 Å². The number of nitrogens with zero attached hydrogens (tertiary/aromatic N) is 4. The van der Waals surface area contributed by atoms with E-state index >= 15 is 0 Å². The Kier molecular flexibility index (Phi) is 4.56. The molecular weight excluding hydrogens is 320 g/mol. The zero-order chi connectivity index (χ0) is 18.0. The van der Waals surface area contributed by atoms with Gasteiger partial charge in [0.1, 0.15) is 11.5 Å². The molecule has 0 aliphatic heterocycles. The summed E-state index contributed by atoms with van der Waals surface area (Å²) < 4.78 is 12.3. The summed E-state index contributed by atoms with van der Waals surface area (Å²) in [5.41, 5.74) is 2.15. The molecule has 130 valence electrons. The lowest BCUT2D eigenvalue weighted by molar-refractivity contribution is 0.0778. The normalized spacial score (nSPS) is 10.7. The van der Waals surface area contributed by atoms with E-state index in [1.165, 1.54) is 0 Å². The highest BCUT2D eigenvalue weighted by atomic mass is 16.5. The molecule has 0 radical (unpaired) electrons. The number of rotatable bonds is 5. The highest BCUT2D eigenvalue weighted by Gasteiger charge is 2.20. The molecule has 3 rings (SSSR count). The fraction of sp³-hybridized carbons (Fsp3) is 0.278. The second-order valence-electron chi connectivity index (χ2n) is 5.79. The van der Waals surface area contributed by atoms with Crippen LogP contribution in [0, 0.1) is 13.8 Å². The lowest BCUT2D eigenvalue weighted by Gasteiger charge is -2.14. The van der Waals surface area contributed by atoms with E-state index in [2.05, 4.69) is 10.1 Å². The molecule has 1 amide bonds. The summed E-state index contributed by atoms with van der Waals surface area (Å²) in [4.78, 5) is 18.2. The Hall–Kier alpha value is -3.09. The van der Waals surface area contributed by atoms with E-state index in [4.69, 9.17) is 9.15 Å². The first-order valence-electron chi connectivity index (χ1n) is 7.85. The van der Waals surface area contributed by atoms with Crippen LogP contribution < -0.4 is 4.74 Å². The van der Waals surface area contributed by atoms with Crippen molar-refractivity contribution in [3.05, 3.63) is 59.6 Å². The third-order valence-corrected chi connectivity index (χ3v) is 3.83. The van der Waals surface area contributed by atoms with Crippen LogP contribution in [0.25, 0.3) is 5.69 Å². The third kappa shape index (κ3) is 3.55. The second-order valence-corrected chi connectivity index (χ2v) is 5.79. The highest BCUT2D eigenvalue weighted by Crippen LogP contribution is 2.17. The molecule has 0 bridgehead atoms. The topological polar surface area (TPSA) is 73.4 Å². The van der Waals surface area contributed by atoms with Crippen molar-refractivity contribution >= 4 is 5.91 Å². The maximum atomic E-state index is 12.5. The van der Waals surface area contributed by atoms with Crippen LogP contribution in [-0.2, 0) is 6.54 Å². The molecule has 1 aromatic carbocycles. The fourth-order valence-electron chi connectivity index (χ4n) is 2.59. The molecule has 3 aromatic rings. The fourth-order valence-corrected chi connectivity index (χ4v) is 2.59. The summed E-state index contributed by atoms with van der Waals surface area (Å²) in [7, 11) is 3.36. The Balaban J connectivity index is 1.74. The average Bonchev–Trinajstić information content (AvgIpc) is 3.20. The SMILES string of the molecule is COc1cccc(-n2cc(CN(C)C(=O)c3nc(C)oc3C)cn2)c1. The molecule has 0 spiro atoms. The van der Waals surface area contributed by atoms with E-state index < -0.39 is 0 Å². The van der Waals surface area contributed by atoms with E-state index in [0.717, 1.165) is 17.0 Å². The maximum Gasteiger partial charge on any atom is 0.276 e. The van der Waals surface area contributed by atoms with E-state index in [0.29, 0.717) is 23.9 Å². The van der Waals surface area contributed by atoms with Crippen molar-refractivity contribution in [3.8, 4) is 11.4 Å². The van der Waals surface area contributed by atoms with Gasteiger partial charge < -0.3 is 14.1 Å². The maximum absolute atomic E-state index is 12.5. The van der Waals surface area contributed by atoms with E-state index in [9.17, 15) is 4.79 Å². The molecule has 0 fully saturated rings. The molecule has 0 saturated carbocycles. The van der Waals surface area contributed by atoms with Crippen LogP contribution in [0.15, 0.2) is 41.1 Å². The van der Waals surface area contributed by atoms with Gasteiger partial charge in [-0.05, 0) is 19.1 Å². The van der Waals surface area contributed by atoms with Gasteiger partial charge in [-0.3, -0.25) is 4.79 Å². The zero-order valence-electron chi connectivity index (χ0n) is 14.7. The highest BCUT2D eigenvalue weighted by molar-refractivity contribution is 5.93. The van der Waals surface area contributed by atoms with Crippen molar-refractivity contribution < 1.29 is 13.9 Å². The number of aryl methyl sites for hydroxylation is 2. The molecule has 2 heterocycles. The Morgan fingerprint density at radius 1 is 1.36 bits per heavy atom. The molecule has 0 saturated heterocycles. The van der Waals surface area contributed by atoms with Gasteiger partial charge in [-0.2, -0.15) is 5.10 Å². The van der Waals surface area contributed by atoms with Gasteiger partial charge >= 0.3 is 0 Å². The lowest BCUT2D eigenvalue weighted by Crippen LogP contribution is -2.27. The molecular formula is C18H20N4O3. The molecule has 0 aliphatic rings. The molecule has 0 unspecified atom stereocenters. The molecule has 0 N–H and O–H groups in total. The van der Waals surface area contributed by atoms with Gasteiger partial charge in [-0.1, -0.05) is 6.07 Å². The monoisotopic (exact) mass is 340 g/mol. The smallest absolute Gasteiger partial charge is 0.276 e. The summed E-state index contributed by atoms with van der Waals surface area (Å²) >= 11 is 0. The minimum Gasteiger partial charge on any atom is -0.497 e. The molecule has 2 aromatic heterocycles. The number of hydrogen-bond acceptors (Lipinski definition) is 5. The Morgan fingerprint density at radius 3 is 2.84 bits per heavy atom. The van der Waals surface area contributed by atoms with Gasteiger partial charge in [-0.15, -0.1) is 0 Å². The minimum atomic E-state index is -0.177. The Bertz CT molecular complexity index is 897. The predicted octanol–water partition coefficient (Wildman–Crippen LogP) is 2.76. The Morgan fingerprint density at radius 2 is 2.16 bits per heavy atom. The van der Waals surface area contributed by atoms with Crippen molar-refractivity contribution in [1.29, 1.82) is 0 Å². The summed E-state index contributed by atoms with van der Waals surface area (Å²) in [5.74, 6) is 1.60. The van der Waals surface area contributed by atoms with E-state index in [1.807, 2.05) is 30.5 Å². The first kappa shape index (κ1) is 16.8. The Labute approximate surface area is 145 Å². The van der Waals surface area contributed by atoms with Crippen molar-refractivity contribution in [2.75, 3.05) is 14.2 Å². The van der Waals surface area contributed by atoms with Crippen molar-refractivity contribution in [1.82, 2.24) is 19.7 Å². The van der Waals surface area contributed by atoms with Crippen molar-refractivity contribution in [2.45, 2.75) is 20.4 Å². The van der Waals surface area contributed by atoms with E-state index in [-0.39, 0.29) is 5.91 Å². The van der Waals surface area contributed by atoms with Gasteiger partial charge in [0.05, 0.1) is 19.0 Å². The van der Waals surface area contributed by atoms with Crippen molar-refractivity contribution in [3.63, 3.8) is 0 Å². The summed E-state index contributed by atoms with van der Waals surface area (Å²) in [6.07, 6.45) is 3.63. The average molecular weight is 340 g/mol. The van der Waals surface area contributed by atoms with Crippen LogP contribution in [0.5, 0.6) is 5.75 Å². The quantitative estimate of drug-likeness (QED) is 0.714. The number of carbonyl (C=O) groups excluding carboxylic acids is 1. The van der Waals surface area contributed by atoms with Gasteiger partial charge in [0, 0.05) is 38.3 Å². The summed E-state index contributed by atoms with van der Waals surface area (Å²) in [6, 6.07) is 7.62. The van der Waals surface area contributed by atoms with E-state index in [1.54, 1.807) is 43.8 Å². The van der Waals surface area contributed by atoms with Crippen LogP contribution in [0.1, 0.15) is 27.7 Å². The number of oxazole rings is 1. The number of aromatic nitrogens is 3. The lowest BCUT2D eigenvalue weighted by atomic mass is 10.3. The number of amides is 1. The molecule has 7 heteroatoms. The van der Waals surface area contributed by atoms with Crippen LogP contribution in [0.2, 0.25) is 0 Å². The van der Waals surface area contributed by atoms with Gasteiger partial charge in [0.2, 0.25) is 0 Å². The van der Waals surface area contributed by atoms with Crippen molar-refractivity contribution in [2.24, 2.45) is 0 Å². The molecule has 0 aliphatic carbocycles. The molecule has 7 nitrogen and oxygen atoms in total. The minimum absolute atomic E-state index is 0.177. The van der Waals surface area contributed by atoms with Gasteiger partial charge in [-0.25, -0.2) is 9.67 Å². The number of hydrogen-bond donors (Lipinski definition) is 0. The molecule has 25 heavy (non-hydrogen) atoms. The van der Waals surface area contributed by atoms with Crippen LogP contribution >= 0.6 is 0 Å². The number of ether oxygens (including phenoxy) is 1. The van der Waals surface area contributed by atoms with Crippen LogP contribution in [-0.4, -0.2) is 39.7 Å². The molecule has 0 atom stereocenters.